The van der Waals surface area contributed by atoms with Crippen LogP contribution in [0.1, 0.15) is 79.0 Å². The van der Waals surface area contributed by atoms with E-state index in [4.69, 9.17) is 14.6 Å². The average Bonchev–Trinajstić information content (AvgIpc) is 2.74. The molecule has 0 heterocycles. The van der Waals surface area contributed by atoms with Crippen molar-refractivity contribution in [1.29, 1.82) is 0 Å². The zero-order valence-electron chi connectivity index (χ0n) is 17.2. The lowest BCUT2D eigenvalue weighted by Gasteiger charge is -2.26. The Kier molecular flexibility index (Phi) is 7.24. The largest absolute Gasteiger partial charge is 0.481 e. The van der Waals surface area contributed by atoms with Gasteiger partial charge in [0.1, 0.15) is 18.0 Å². The lowest BCUT2D eigenvalue weighted by molar-refractivity contribution is -0.143. The number of rotatable bonds is 6. The molecule has 0 atom stereocenters. The van der Waals surface area contributed by atoms with E-state index in [-0.39, 0.29) is 29.8 Å². The molecular weight excluding hydrogens is 388 g/mol. The van der Waals surface area contributed by atoms with Gasteiger partial charge in [0.2, 0.25) is 0 Å². The van der Waals surface area contributed by atoms with Gasteiger partial charge in [-0.2, -0.15) is 0 Å². The van der Waals surface area contributed by atoms with Crippen LogP contribution in [0.15, 0.2) is 24.3 Å². The summed E-state index contributed by atoms with van der Waals surface area (Å²) in [7, 11) is 0. The van der Waals surface area contributed by atoms with Crippen molar-refractivity contribution in [3.05, 3.63) is 35.4 Å². The molecule has 0 saturated heterocycles. The number of carbonyl (C=O) groups excluding carboxylic acids is 3. The summed E-state index contributed by atoms with van der Waals surface area (Å²) in [5.41, 5.74) is 0.705. The highest BCUT2D eigenvalue weighted by molar-refractivity contribution is 5.93. The van der Waals surface area contributed by atoms with Crippen LogP contribution in [0, 0.1) is 11.8 Å². The average molecular weight is 416 g/mol. The van der Waals surface area contributed by atoms with Gasteiger partial charge in [-0.3, -0.25) is 9.59 Å². The Morgan fingerprint density at radius 2 is 1.07 bits per heavy atom. The fourth-order valence-electron chi connectivity index (χ4n) is 4.20. The fraction of sp³-hybridized carbons (Fsp3) is 0.565. The predicted molar refractivity (Wildman–Crippen MR) is 107 cm³/mol. The standard InChI is InChI=1S/C23H28O7/c1-14(24)15-6-10-19(11-7-15)29-22(27)17-2-4-18(5-3-17)23(28)30-20-12-8-16(9-13-20)21(25)26/h2-5,15-16,19-20H,6-13H2,1H3,(H,25,26). The van der Waals surface area contributed by atoms with Gasteiger partial charge in [0.25, 0.3) is 0 Å². The molecule has 0 unspecified atom stereocenters. The monoisotopic (exact) mass is 416 g/mol. The number of aliphatic carboxylic acids is 1. The summed E-state index contributed by atoms with van der Waals surface area (Å²) in [4.78, 5) is 47.1. The van der Waals surface area contributed by atoms with Gasteiger partial charge >= 0.3 is 17.9 Å². The molecular formula is C23H28O7. The summed E-state index contributed by atoms with van der Waals surface area (Å²) in [6.45, 7) is 1.60. The number of hydrogen-bond acceptors (Lipinski definition) is 6. The minimum atomic E-state index is -0.797. The molecule has 7 nitrogen and oxygen atoms in total. The third kappa shape index (κ3) is 5.68. The van der Waals surface area contributed by atoms with Gasteiger partial charge in [0.15, 0.2) is 0 Å². The first-order valence-electron chi connectivity index (χ1n) is 10.6. The molecule has 2 fully saturated rings. The van der Waals surface area contributed by atoms with E-state index < -0.39 is 17.9 Å². The number of ether oxygens (including phenoxy) is 2. The number of carboxylic acid groups (broad SMARTS) is 1. The third-order valence-electron chi connectivity index (χ3n) is 6.18. The summed E-state index contributed by atoms with van der Waals surface area (Å²) in [5, 5.41) is 9.03. The highest BCUT2D eigenvalue weighted by atomic mass is 16.5. The Morgan fingerprint density at radius 3 is 1.40 bits per heavy atom. The van der Waals surface area contributed by atoms with E-state index in [2.05, 4.69) is 0 Å². The van der Waals surface area contributed by atoms with Crippen molar-refractivity contribution in [2.75, 3.05) is 0 Å². The number of ketones is 1. The number of Topliss-reactive ketones (excluding diaryl/α,β-unsaturated/α-hetero) is 1. The third-order valence-corrected chi connectivity index (χ3v) is 6.18. The molecule has 2 aliphatic carbocycles. The van der Waals surface area contributed by atoms with Crippen molar-refractivity contribution in [3.63, 3.8) is 0 Å². The number of carboxylic acids is 1. The lowest BCUT2D eigenvalue weighted by atomic mass is 9.85. The second kappa shape index (κ2) is 9.87. The highest BCUT2D eigenvalue weighted by Gasteiger charge is 2.29. The molecule has 2 aliphatic rings. The molecule has 30 heavy (non-hydrogen) atoms. The summed E-state index contributed by atoms with van der Waals surface area (Å²) < 4.78 is 11.0. The van der Waals surface area contributed by atoms with E-state index in [0.29, 0.717) is 49.7 Å². The molecule has 0 aliphatic heterocycles. The van der Waals surface area contributed by atoms with Gasteiger partial charge in [-0.15, -0.1) is 0 Å². The Labute approximate surface area is 175 Å². The molecule has 2 saturated carbocycles. The summed E-state index contributed by atoms with van der Waals surface area (Å²) in [6, 6.07) is 6.16. The Morgan fingerprint density at radius 1 is 0.700 bits per heavy atom. The van der Waals surface area contributed by atoms with Crippen LogP contribution in [0.4, 0.5) is 0 Å². The maximum Gasteiger partial charge on any atom is 0.338 e. The molecule has 7 heteroatoms. The van der Waals surface area contributed by atoms with Crippen molar-refractivity contribution >= 4 is 23.7 Å². The zero-order valence-corrected chi connectivity index (χ0v) is 17.2. The molecule has 0 aromatic heterocycles. The Hall–Kier alpha value is -2.70. The number of benzene rings is 1. The molecule has 162 valence electrons. The first-order chi connectivity index (χ1) is 14.3. The number of carbonyl (C=O) groups is 4. The van der Waals surface area contributed by atoms with Crippen molar-refractivity contribution in [1.82, 2.24) is 0 Å². The fourth-order valence-corrected chi connectivity index (χ4v) is 4.20. The second-order valence-electron chi connectivity index (χ2n) is 8.28. The highest BCUT2D eigenvalue weighted by Crippen LogP contribution is 2.28. The van der Waals surface area contributed by atoms with Gasteiger partial charge < -0.3 is 14.6 Å². The molecule has 1 aromatic rings. The molecule has 1 aromatic carbocycles. The number of esters is 2. The molecule has 1 N–H and O–H groups in total. The van der Waals surface area contributed by atoms with Crippen LogP contribution in [0.5, 0.6) is 0 Å². The van der Waals surface area contributed by atoms with E-state index in [1.165, 1.54) is 12.1 Å². The van der Waals surface area contributed by atoms with Crippen LogP contribution in [-0.2, 0) is 19.1 Å². The molecule has 0 radical (unpaired) electrons. The van der Waals surface area contributed by atoms with Crippen LogP contribution >= 0.6 is 0 Å². The van der Waals surface area contributed by atoms with E-state index in [0.717, 1.165) is 12.8 Å². The SMILES string of the molecule is CC(=O)C1CCC(OC(=O)c2ccc(C(=O)OC3CCC(C(=O)O)CC3)cc2)CC1. The van der Waals surface area contributed by atoms with E-state index in [1.807, 2.05) is 0 Å². The molecule has 3 rings (SSSR count). The zero-order chi connectivity index (χ0) is 21.7. The maximum absolute atomic E-state index is 12.4. The smallest absolute Gasteiger partial charge is 0.338 e. The Balaban J connectivity index is 1.47. The summed E-state index contributed by atoms with van der Waals surface area (Å²) >= 11 is 0. The van der Waals surface area contributed by atoms with Gasteiger partial charge in [-0.25, -0.2) is 9.59 Å². The molecule has 0 bridgehead atoms. The topological polar surface area (TPSA) is 107 Å². The molecule has 0 spiro atoms. The van der Waals surface area contributed by atoms with Crippen LogP contribution < -0.4 is 0 Å². The second-order valence-corrected chi connectivity index (χ2v) is 8.28. The number of hydrogen-bond donors (Lipinski definition) is 1. The van der Waals surface area contributed by atoms with Gasteiger partial charge in [0, 0.05) is 5.92 Å². The maximum atomic E-state index is 12.4. The van der Waals surface area contributed by atoms with Crippen LogP contribution in [0.2, 0.25) is 0 Å². The van der Waals surface area contributed by atoms with E-state index >= 15 is 0 Å². The van der Waals surface area contributed by atoms with Crippen molar-refractivity contribution in [2.45, 2.75) is 70.5 Å². The predicted octanol–water partition coefficient (Wildman–Crippen LogP) is 3.79. The minimum absolute atomic E-state index is 0.0735. The minimum Gasteiger partial charge on any atom is -0.481 e. The van der Waals surface area contributed by atoms with Crippen molar-refractivity contribution in [3.8, 4) is 0 Å². The van der Waals surface area contributed by atoms with Gasteiger partial charge in [-0.05, 0) is 82.6 Å². The summed E-state index contributed by atoms with van der Waals surface area (Å²) in [6.07, 6.45) is 4.49. The van der Waals surface area contributed by atoms with Crippen LogP contribution in [0.3, 0.4) is 0 Å². The van der Waals surface area contributed by atoms with Gasteiger partial charge in [0.05, 0.1) is 17.0 Å². The van der Waals surface area contributed by atoms with E-state index in [1.54, 1.807) is 19.1 Å². The normalized spacial score (nSPS) is 26.4. The first-order valence-corrected chi connectivity index (χ1v) is 10.6. The Bertz CT molecular complexity index is 715. The van der Waals surface area contributed by atoms with Crippen molar-refractivity contribution < 1.29 is 33.8 Å². The van der Waals surface area contributed by atoms with Gasteiger partial charge in [-0.1, -0.05) is 0 Å². The molecule has 0 amide bonds. The van der Waals surface area contributed by atoms with Crippen molar-refractivity contribution in [2.24, 2.45) is 11.8 Å². The quantitative estimate of drug-likeness (QED) is 0.703. The van der Waals surface area contributed by atoms with Crippen LogP contribution in [-0.4, -0.2) is 41.0 Å². The lowest BCUT2D eigenvalue weighted by Crippen LogP contribution is -2.28. The summed E-state index contributed by atoms with van der Waals surface area (Å²) in [5.74, 6) is -1.80. The van der Waals surface area contributed by atoms with E-state index in [9.17, 15) is 19.2 Å². The first kappa shape index (κ1) is 22.0. The van der Waals surface area contributed by atoms with Crippen LogP contribution in [0.25, 0.3) is 0 Å².